The summed E-state index contributed by atoms with van der Waals surface area (Å²) in [6.07, 6.45) is 5.48. The molecule has 1 spiro atoms. The average molecular weight is 421 g/mol. The molecule has 0 radical (unpaired) electrons. The maximum Gasteiger partial charge on any atom is 0.256 e. The molecule has 158 valence electrons. The van der Waals surface area contributed by atoms with Crippen LogP contribution in [0.3, 0.4) is 0 Å². The average Bonchev–Trinajstić information content (AvgIpc) is 3.36. The molecule has 3 fully saturated rings. The van der Waals surface area contributed by atoms with Crippen molar-refractivity contribution >= 4 is 23.4 Å². The van der Waals surface area contributed by atoms with E-state index < -0.39 is 11.8 Å². The maximum atomic E-state index is 13.5. The number of nitrogens with zero attached hydrogens (tertiary/aromatic N) is 1. The van der Waals surface area contributed by atoms with Gasteiger partial charge in [-0.3, -0.25) is 14.5 Å². The Bertz CT molecular complexity index is 757. The summed E-state index contributed by atoms with van der Waals surface area (Å²) in [5.74, 6) is 0.225. The fraction of sp³-hybridized carbons (Fsp3) is 0.636. The van der Waals surface area contributed by atoms with E-state index >= 15 is 0 Å². The first-order chi connectivity index (χ1) is 14.0. The fourth-order valence-electron chi connectivity index (χ4n) is 4.68. The monoisotopic (exact) mass is 420 g/mol. The number of rotatable bonds is 4. The van der Waals surface area contributed by atoms with Crippen LogP contribution in [0.2, 0.25) is 5.02 Å². The minimum absolute atomic E-state index is 0.0582. The van der Waals surface area contributed by atoms with Gasteiger partial charge in [0, 0.05) is 23.7 Å². The summed E-state index contributed by atoms with van der Waals surface area (Å²) in [6, 6.07) is 6.25. The summed E-state index contributed by atoms with van der Waals surface area (Å²) < 4.78 is 11.8. The molecule has 2 saturated heterocycles. The molecule has 1 aromatic rings. The number of nitrogens with one attached hydrogen (secondary N) is 1. The molecule has 0 unspecified atom stereocenters. The first kappa shape index (κ1) is 20.6. The SMILES string of the molecule is CC1CCC2(CC1)OC[C@@H](C(=O)NC[C@H]1CCCO1)N2C(=O)c1cccc(Cl)c1. The zero-order valence-electron chi connectivity index (χ0n) is 16.9. The van der Waals surface area contributed by atoms with Gasteiger partial charge in [0.2, 0.25) is 5.91 Å². The Labute approximate surface area is 176 Å². The lowest BCUT2D eigenvalue weighted by Crippen LogP contribution is -2.57. The van der Waals surface area contributed by atoms with Crippen LogP contribution in [0.5, 0.6) is 0 Å². The van der Waals surface area contributed by atoms with E-state index in [2.05, 4.69) is 12.2 Å². The van der Waals surface area contributed by atoms with Gasteiger partial charge in [-0.2, -0.15) is 0 Å². The summed E-state index contributed by atoms with van der Waals surface area (Å²) in [6.45, 7) is 3.65. The molecule has 4 rings (SSSR count). The Kier molecular flexibility index (Phi) is 6.13. The largest absolute Gasteiger partial charge is 0.376 e. The van der Waals surface area contributed by atoms with Gasteiger partial charge < -0.3 is 14.8 Å². The van der Waals surface area contributed by atoms with E-state index in [4.69, 9.17) is 21.1 Å². The Morgan fingerprint density at radius 3 is 2.76 bits per heavy atom. The molecule has 2 amide bonds. The van der Waals surface area contributed by atoms with Gasteiger partial charge >= 0.3 is 0 Å². The quantitative estimate of drug-likeness (QED) is 0.810. The minimum Gasteiger partial charge on any atom is -0.376 e. The van der Waals surface area contributed by atoms with Gasteiger partial charge in [-0.05, 0) is 62.6 Å². The van der Waals surface area contributed by atoms with Crippen LogP contribution in [0.15, 0.2) is 24.3 Å². The van der Waals surface area contributed by atoms with Crippen molar-refractivity contribution in [3.8, 4) is 0 Å². The van der Waals surface area contributed by atoms with Crippen LogP contribution in [0, 0.1) is 5.92 Å². The Morgan fingerprint density at radius 1 is 1.28 bits per heavy atom. The van der Waals surface area contributed by atoms with Crippen LogP contribution in [0.1, 0.15) is 55.8 Å². The van der Waals surface area contributed by atoms with Crippen molar-refractivity contribution in [1.82, 2.24) is 10.2 Å². The molecule has 1 aromatic carbocycles. The van der Waals surface area contributed by atoms with Gasteiger partial charge in [0.05, 0.1) is 12.7 Å². The molecule has 29 heavy (non-hydrogen) atoms. The van der Waals surface area contributed by atoms with Crippen molar-refractivity contribution in [1.29, 1.82) is 0 Å². The Hall–Kier alpha value is -1.63. The molecule has 1 saturated carbocycles. The van der Waals surface area contributed by atoms with E-state index in [0.29, 0.717) is 23.0 Å². The predicted octanol–water partition coefficient (Wildman–Crippen LogP) is 3.38. The molecule has 0 aromatic heterocycles. The Morgan fingerprint density at radius 2 is 2.07 bits per heavy atom. The lowest BCUT2D eigenvalue weighted by atomic mass is 9.83. The van der Waals surface area contributed by atoms with Crippen LogP contribution in [0.25, 0.3) is 0 Å². The van der Waals surface area contributed by atoms with Gasteiger partial charge in [0.1, 0.15) is 11.8 Å². The third-order valence-corrected chi connectivity index (χ3v) is 6.67. The minimum atomic E-state index is -0.711. The fourth-order valence-corrected chi connectivity index (χ4v) is 4.87. The van der Waals surface area contributed by atoms with Gasteiger partial charge in [-0.1, -0.05) is 24.6 Å². The van der Waals surface area contributed by atoms with E-state index in [1.807, 2.05) is 0 Å². The molecule has 7 heteroatoms. The van der Waals surface area contributed by atoms with Crippen LogP contribution < -0.4 is 5.32 Å². The van der Waals surface area contributed by atoms with Gasteiger partial charge in [0.15, 0.2) is 0 Å². The van der Waals surface area contributed by atoms with Crippen molar-refractivity contribution in [3.05, 3.63) is 34.9 Å². The topological polar surface area (TPSA) is 67.9 Å². The molecule has 2 aliphatic heterocycles. The summed E-state index contributed by atoms with van der Waals surface area (Å²) in [4.78, 5) is 28.2. The zero-order valence-corrected chi connectivity index (χ0v) is 17.6. The molecule has 2 atom stereocenters. The zero-order chi connectivity index (χ0) is 20.4. The van der Waals surface area contributed by atoms with Crippen molar-refractivity contribution < 1.29 is 19.1 Å². The first-order valence-electron chi connectivity index (χ1n) is 10.6. The van der Waals surface area contributed by atoms with E-state index in [-0.39, 0.29) is 24.5 Å². The van der Waals surface area contributed by atoms with E-state index in [1.54, 1.807) is 29.2 Å². The highest BCUT2D eigenvalue weighted by molar-refractivity contribution is 6.31. The van der Waals surface area contributed by atoms with Crippen LogP contribution in [0.4, 0.5) is 0 Å². The summed E-state index contributed by atoms with van der Waals surface area (Å²) >= 11 is 6.12. The second kappa shape index (κ2) is 8.62. The number of carbonyl (C=O) groups is 2. The Balaban J connectivity index is 1.56. The number of halogens is 1. The van der Waals surface area contributed by atoms with Gasteiger partial charge in [-0.15, -0.1) is 0 Å². The first-order valence-corrected chi connectivity index (χ1v) is 11.0. The van der Waals surface area contributed by atoms with Crippen LogP contribution in [-0.2, 0) is 14.3 Å². The molecular formula is C22H29ClN2O4. The third kappa shape index (κ3) is 4.30. The number of carbonyl (C=O) groups excluding carboxylic acids is 2. The van der Waals surface area contributed by atoms with E-state index in [0.717, 1.165) is 45.1 Å². The second-order valence-electron chi connectivity index (χ2n) is 8.52. The van der Waals surface area contributed by atoms with Crippen molar-refractivity contribution in [2.75, 3.05) is 19.8 Å². The number of amides is 2. The van der Waals surface area contributed by atoms with E-state index in [9.17, 15) is 9.59 Å². The molecule has 6 nitrogen and oxygen atoms in total. The molecule has 3 aliphatic rings. The standard InChI is InChI=1S/C22H29ClN2O4/c1-15-7-9-22(10-8-15)25(21(27)16-4-2-5-17(23)12-16)19(14-29-22)20(26)24-13-18-6-3-11-28-18/h2,4-5,12,15,18-19H,3,6-11,13-14H2,1H3,(H,24,26)/t15?,18-,19+,22?/m1/s1. The number of hydrogen-bond acceptors (Lipinski definition) is 4. The van der Waals surface area contributed by atoms with Crippen molar-refractivity contribution in [2.45, 2.75) is 63.3 Å². The summed E-state index contributed by atoms with van der Waals surface area (Å²) in [5.41, 5.74) is -0.226. The molecular weight excluding hydrogens is 392 g/mol. The maximum absolute atomic E-state index is 13.5. The predicted molar refractivity (Wildman–Crippen MR) is 110 cm³/mol. The van der Waals surface area contributed by atoms with Gasteiger partial charge in [-0.25, -0.2) is 0 Å². The molecule has 1 N–H and O–H groups in total. The van der Waals surface area contributed by atoms with Crippen molar-refractivity contribution in [2.24, 2.45) is 5.92 Å². The normalized spacial score (nSPS) is 31.9. The number of hydrogen-bond donors (Lipinski definition) is 1. The van der Waals surface area contributed by atoms with Crippen molar-refractivity contribution in [3.63, 3.8) is 0 Å². The lowest BCUT2D eigenvalue weighted by molar-refractivity contribution is -0.128. The lowest BCUT2D eigenvalue weighted by Gasteiger charge is -2.43. The second-order valence-corrected chi connectivity index (χ2v) is 8.96. The smallest absolute Gasteiger partial charge is 0.256 e. The molecule has 2 heterocycles. The van der Waals surface area contributed by atoms with Crippen LogP contribution in [-0.4, -0.2) is 54.3 Å². The highest BCUT2D eigenvalue weighted by Gasteiger charge is 2.53. The number of benzene rings is 1. The summed E-state index contributed by atoms with van der Waals surface area (Å²) in [5, 5.41) is 3.48. The number of ether oxygens (including phenoxy) is 2. The van der Waals surface area contributed by atoms with Gasteiger partial charge in [0.25, 0.3) is 5.91 Å². The van der Waals surface area contributed by atoms with E-state index in [1.165, 1.54) is 0 Å². The van der Waals surface area contributed by atoms with Crippen LogP contribution >= 0.6 is 11.6 Å². The molecule has 0 bridgehead atoms. The summed E-state index contributed by atoms with van der Waals surface area (Å²) in [7, 11) is 0. The third-order valence-electron chi connectivity index (χ3n) is 6.44. The highest BCUT2D eigenvalue weighted by Crippen LogP contribution is 2.43. The molecule has 1 aliphatic carbocycles. The highest BCUT2D eigenvalue weighted by atomic mass is 35.5.